The van der Waals surface area contributed by atoms with Gasteiger partial charge in [-0.25, -0.2) is 17.2 Å². The fourth-order valence-electron chi connectivity index (χ4n) is 1.59. The Labute approximate surface area is 109 Å². The number of sulfone groups is 1. The van der Waals surface area contributed by atoms with Gasteiger partial charge in [-0.15, -0.1) is 0 Å². The van der Waals surface area contributed by atoms with E-state index in [-0.39, 0.29) is 10.6 Å². The molecule has 3 nitrogen and oxygen atoms in total. The summed E-state index contributed by atoms with van der Waals surface area (Å²) in [4.78, 5) is -0.247. The van der Waals surface area contributed by atoms with E-state index in [0.29, 0.717) is 17.3 Å². The van der Waals surface area contributed by atoms with E-state index in [0.717, 1.165) is 12.1 Å². The monoisotopic (exact) mass is 283 g/mol. The Morgan fingerprint density at radius 3 is 2.16 bits per heavy atom. The van der Waals surface area contributed by atoms with Crippen molar-refractivity contribution in [3.05, 3.63) is 59.7 Å². The summed E-state index contributed by atoms with van der Waals surface area (Å²) in [6.45, 7) is 0. The third-order valence-electron chi connectivity index (χ3n) is 2.59. The SMILES string of the molecule is Nc1ccc(CS(=O)(=O)c2ccc(F)c(F)c2)cc1. The molecule has 0 aromatic heterocycles. The molecule has 0 aliphatic carbocycles. The van der Waals surface area contributed by atoms with Crippen LogP contribution in [0.25, 0.3) is 0 Å². The zero-order valence-corrected chi connectivity index (χ0v) is 10.6. The van der Waals surface area contributed by atoms with Gasteiger partial charge in [0.05, 0.1) is 10.6 Å². The number of hydrogen-bond acceptors (Lipinski definition) is 3. The average Bonchev–Trinajstić information content (AvgIpc) is 2.35. The minimum Gasteiger partial charge on any atom is -0.399 e. The molecule has 2 rings (SSSR count). The Kier molecular flexibility index (Phi) is 3.53. The van der Waals surface area contributed by atoms with Crippen molar-refractivity contribution in [1.82, 2.24) is 0 Å². The first-order valence-electron chi connectivity index (χ1n) is 5.41. The van der Waals surface area contributed by atoms with Gasteiger partial charge in [-0.1, -0.05) is 12.1 Å². The van der Waals surface area contributed by atoms with Gasteiger partial charge in [0.15, 0.2) is 21.5 Å². The third kappa shape index (κ3) is 3.08. The minimum atomic E-state index is -3.71. The van der Waals surface area contributed by atoms with E-state index >= 15 is 0 Å². The van der Waals surface area contributed by atoms with Crippen molar-refractivity contribution in [2.75, 3.05) is 5.73 Å². The highest BCUT2D eigenvalue weighted by molar-refractivity contribution is 7.90. The quantitative estimate of drug-likeness (QED) is 0.695. The maximum absolute atomic E-state index is 13.0. The van der Waals surface area contributed by atoms with E-state index < -0.39 is 21.5 Å². The van der Waals surface area contributed by atoms with Crippen LogP contribution < -0.4 is 5.73 Å². The molecule has 2 aromatic carbocycles. The van der Waals surface area contributed by atoms with Gasteiger partial charge < -0.3 is 5.73 Å². The number of nitrogen functional groups attached to an aromatic ring is 1. The van der Waals surface area contributed by atoms with Crippen LogP contribution in [0.2, 0.25) is 0 Å². The topological polar surface area (TPSA) is 60.2 Å². The van der Waals surface area contributed by atoms with Crippen LogP contribution in [0.5, 0.6) is 0 Å². The van der Waals surface area contributed by atoms with Crippen LogP contribution in [0.1, 0.15) is 5.56 Å². The Bertz CT molecular complexity index is 697. The van der Waals surface area contributed by atoms with Crippen LogP contribution in [-0.2, 0) is 15.6 Å². The second-order valence-corrected chi connectivity index (χ2v) is 6.07. The molecular weight excluding hydrogens is 272 g/mol. The number of hydrogen-bond donors (Lipinski definition) is 1. The van der Waals surface area contributed by atoms with E-state index in [1.54, 1.807) is 24.3 Å². The van der Waals surface area contributed by atoms with Crippen LogP contribution in [0.4, 0.5) is 14.5 Å². The van der Waals surface area contributed by atoms with Crippen molar-refractivity contribution in [2.45, 2.75) is 10.6 Å². The fourth-order valence-corrected chi connectivity index (χ4v) is 2.94. The lowest BCUT2D eigenvalue weighted by Gasteiger charge is -2.05. The van der Waals surface area contributed by atoms with Crippen molar-refractivity contribution < 1.29 is 17.2 Å². The summed E-state index contributed by atoms with van der Waals surface area (Å²) in [7, 11) is -3.71. The molecule has 2 N–H and O–H groups in total. The summed E-state index contributed by atoms with van der Waals surface area (Å²) in [6, 6.07) is 8.84. The van der Waals surface area contributed by atoms with Crippen molar-refractivity contribution >= 4 is 15.5 Å². The molecule has 0 aliphatic rings. The number of anilines is 1. The van der Waals surface area contributed by atoms with Crippen molar-refractivity contribution in [3.8, 4) is 0 Å². The molecule has 0 radical (unpaired) electrons. The van der Waals surface area contributed by atoms with Crippen molar-refractivity contribution in [3.63, 3.8) is 0 Å². The molecule has 0 spiro atoms. The first-order valence-corrected chi connectivity index (χ1v) is 7.06. The lowest BCUT2D eigenvalue weighted by molar-refractivity contribution is 0.504. The fraction of sp³-hybridized carbons (Fsp3) is 0.0769. The minimum absolute atomic E-state index is 0.247. The highest BCUT2D eigenvalue weighted by Crippen LogP contribution is 2.19. The normalized spacial score (nSPS) is 11.5. The van der Waals surface area contributed by atoms with E-state index in [4.69, 9.17) is 5.73 Å². The van der Waals surface area contributed by atoms with Crippen LogP contribution in [0.3, 0.4) is 0 Å². The number of rotatable bonds is 3. The molecular formula is C13H11F2NO2S. The molecule has 0 saturated heterocycles. The summed E-state index contributed by atoms with van der Waals surface area (Å²) in [5.41, 5.74) is 6.55. The number of halogens is 2. The molecule has 0 fully saturated rings. The van der Waals surface area contributed by atoms with Gasteiger partial charge in [-0.05, 0) is 35.9 Å². The Morgan fingerprint density at radius 2 is 1.58 bits per heavy atom. The van der Waals surface area contributed by atoms with E-state index in [2.05, 4.69) is 0 Å². The lowest BCUT2D eigenvalue weighted by Crippen LogP contribution is -2.06. The van der Waals surface area contributed by atoms with Crippen molar-refractivity contribution in [1.29, 1.82) is 0 Å². The lowest BCUT2D eigenvalue weighted by atomic mass is 10.2. The highest BCUT2D eigenvalue weighted by atomic mass is 32.2. The summed E-state index contributed by atoms with van der Waals surface area (Å²) in [5, 5.41) is 0. The van der Waals surface area contributed by atoms with Gasteiger partial charge in [0, 0.05) is 5.69 Å². The first kappa shape index (κ1) is 13.5. The molecule has 0 heterocycles. The molecule has 0 atom stereocenters. The third-order valence-corrected chi connectivity index (χ3v) is 4.27. The second-order valence-electron chi connectivity index (χ2n) is 4.08. The average molecular weight is 283 g/mol. The molecule has 0 unspecified atom stereocenters. The predicted molar refractivity (Wildman–Crippen MR) is 68.1 cm³/mol. The van der Waals surface area contributed by atoms with Gasteiger partial charge in [0.1, 0.15) is 0 Å². The summed E-state index contributed by atoms with van der Waals surface area (Å²) < 4.78 is 49.9. The molecule has 6 heteroatoms. The first-order chi connectivity index (χ1) is 8.88. The number of benzene rings is 2. The highest BCUT2D eigenvalue weighted by Gasteiger charge is 2.17. The van der Waals surface area contributed by atoms with Crippen LogP contribution in [-0.4, -0.2) is 8.42 Å². The van der Waals surface area contributed by atoms with E-state index in [9.17, 15) is 17.2 Å². The van der Waals surface area contributed by atoms with Gasteiger partial charge in [-0.3, -0.25) is 0 Å². The molecule has 0 saturated carbocycles. The Balaban J connectivity index is 2.32. The molecule has 19 heavy (non-hydrogen) atoms. The Hall–Kier alpha value is -1.95. The van der Waals surface area contributed by atoms with E-state index in [1.807, 2.05) is 0 Å². The summed E-state index contributed by atoms with van der Waals surface area (Å²) in [5.74, 6) is -2.55. The zero-order valence-electron chi connectivity index (χ0n) is 9.81. The predicted octanol–water partition coefficient (Wildman–Crippen LogP) is 2.52. The standard InChI is InChI=1S/C13H11F2NO2S/c14-12-6-5-11(7-13(12)15)19(17,18)8-9-1-3-10(16)4-2-9/h1-7H,8,16H2. The Morgan fingerprint density at radius 1 is 0.947 bits per heavy atom. The van der Waals surface area contributed by atoms with Gasteiger partial charge in [-0.2, -0.15) is 0 Å². The van der Waals surface area contributed by atoms with Crippen LogP contribution in [0.15, 0.2) is 47.4 Å². The van der Waals surface area contributed by atoms with Gasteiger partial charge in [0.25, 0.3) is 0 Å². The van der Waals surface area contributed by atoms with Crippen molar-refractivity contribution in [2.24, 2.45) is 0 Å². The molecule has 0 bridgehead atoms. The van der Waals surface area contributed by atoms with Gasteiger partial charge in [0.2, 0.25) is 0 Å². The van der Waals surface area contributed by atoms with Gasteiger partial charge >= 0.3 is 0 Å². The summed E-state index contributed by atoms with van der Waals surface area (Å²) in [6.07, 6.45) is 0. The maximum Gasteiger partial charge on any atom is 0.182 e. The second kappa shape index (κ2) is 4.97. The molecule has 100 valence electrons. The largest absolute Gasteiger partial charge is 0.399 e. The van der Waals surface area contributed by atoms with Crippen LogP contribution >= 0.6 is 0 Å². The smallest absolute Gasteiger partial charge is 0.182 e. The molecule has 0 aliphatic heterocycles. The van der Waals surface area contributed by atoms with Crippen LogP contribution in [0, 0.1) is 11.6 Å². The number of nitrogens with two attached hydrogens (primary N) is 1. The zero-order chi connectivity index (χ0) is 14.0. The molecule has 0 amide bonds. The summed E-state index contributed by atoms with van der Waals surface area (Å²) >= 11 is 0. The molecule has 2 aromatic rings. The van der Waals surface area contributed by atoms with E-state index in [1.165, 1.54) is 0 Å². The maximum atomic E-state index is 13.0.